The van der Waals surface area contributed by atoms with Gasteiger partial charge in [-0.3, -0.25) is 4.79 Å². The molecule has 2 rings (SSSR count). The molecule has 1 unspecified atom stereocenters. The molecule has 0 amide bonds. The van der Waals surface area contributed by atoms with Crippen molar-refractivity contribution in [1.29, 1.82) is 0 Å². The average molecular weight is 176 g/mol. The molecule has 1 atom stereocenters. The van der Waals surface area contributed by atoms with E-state index >= 15 is 0 Å². The summed E-state index contributed by atoms with van der Waals surface area (Å²) in [5.74, 6) is 0.595. The fraction of sp³-hybridized carbons (Fsp3) is 0.100. The minimum absolute atomic E-state index is 0.595. The van der Waals surface area contributed by atoms with Gasteiger partial charge in [-0.2, -0.15) is 0 Å². The average Bonchev–Trinajstić information content (AvgIpc) is 2.67. The Hall–Kier alpha value is -1.77. The van der Waals surface area contributed by atoms with Crippen LogP contribution in [-0.2, 0) is 14.3 Å². The van der Waals surface area contributed by atoms with E-state index in [1.165, 1.54) is 6.26 Å². The third-order valence-electron chi connectivity index (χ3n) is 1.72. The van der Waals surface area contributed by atoms with Crippen LogP contribution in [0.2, 0.25) is 0 Å². The largest absolute Gasteiger partial charge is 0.452 e. The lowest BCUT2D eigenvalue weighted by Crippen LogP contribution is -2.08. The van der Waals surface area contributed by atoms with Crippen LogP contribution in [0.5, 0.6) is 0 Å². The van der Waals surface area contributed by atoms with Crippen LogP contribution in [0.3, 0.4) is 0 Å². The van der Waals surface area contributed by atoms with Crippen molar-refractivity contribution < 1.29 is 14.3 Å². The Labute approximate surface area is 75.6 Å². The molecule has 1 aliphatic rings. The highest BCUT2D eigenvalue weighted by Gasteiger charge is 2.18. The van der Waals surface area contributed by atoms with E-state index in [4.69, 9.17) is 9.47 Å². The molecular formula is C10H8O3. The van der Waals surface area contributed by atoms with E-state index in [2.05, 4.69) is 0 Å². The molecule has 3 nitrogen and oxygen atoms in total. The summed E-state index contributed by atoms with van der Waals surface area (Å²) in [5, 5.41) is 0. The van der Waals surface area contributed by atoms with Crippen LogP contribution in [0.4, 0.5) is 0 Å². The van der Waals surface area contributed by atoms with Crippen molar-refractivity contribution in [2.75, 3.05) is 0 Å². The normalized spacial score (nSPS) is 20.0. The van der Waals surface area contributed by atoms with Gasteiger partial charge in [-0.1, -0.05) is 30.3 Å². The number of benzene rings is 1. The molecule has 1 aliphatic heterocycles. The second kappa shape index (κ2) is 3.31. The van der Waals surface area contributed by atoms with Crippen molar-refractivity contribution in [1.82, 2.24) is 0 Å². The van der Waals surface area contributed by atoms with Gasteiger partial charge in [0, 0.05) is 5.56 Å². The van der Waals surface area contributed by atoms with Crippen LogP contribution >= 0.6 is 0 Å². The third-order valence-corrected chi connectivity index (χ3v) is 1.72. The van der Waals surface area contributed by atoms with E-state index in [0.717, 1.165) is 5.56 Å². The number of carbonyl (C=O) groups excluding carboxylic acids is 1. The van der Waals surface area contributed by atoms with Crippen molar-refractivity contribution in [2.45, 2.75) is 6.29 Å². The first kappa shape index (κ1) is 7.86. The zero-order chi connectivity index (χ0) is 9.10. The molecule has 0 saturated carbocycles. The number of rotatable bonds is 2. The van der Waals surface area contributed by atoms with Gasteiger partial charge >= 0.3 is 0 Å². The molecule has 0 aromatic heterocycles. The first-order valence-corrected chi connectivity index (χ1v) is 3.93. The lowest BCUT2D eigenvalue weighted by atomic mass is 10.2. The minimum Gasteiger partial charge on any atom is -0.452 e. The summed E-state index contributed by atoms with van der Waals surface area (Å²) in [6, 6.07) is 9.49. The van der Waals surface area contributed by atoms with Crippen LogP contribution in [0.15, 0.2) is 36.6 Å². The number of hydrogen-bond donors (Lipinski definition) is 0. The fourth-order valence-electron chi connectivity index (χ4n) is 1.11. The summed E-state index contributed by atoms with van der Waals surface area (Å²) in [5.41, 5.74) is 0.909. The predicted octanol–water partition coefficient (Wildman–Crippen LogP) is 1.56. The van der Waals surface area contributed by atoms with Gasteiger partial charge < -0.3 is 9.47 Å². The Kier molecular flexibility index (Phi) is 2.00. The van der Waals surface area contributed by atoms with Gasteiger partial charge in [-0.25, -0.2) is 0 Å². The molecular weight excluding hydrogens is 168 g/mol. The van der Waals surface area contributed by atoms with E-state index in [-0.39, 0.29) is 0 Å². The number of ether oxygens (including phenoxy) is 2. The summed E-state index contributed by atoms with van der Waals surface area (Å²) in [6.45, 7) is 0. The second-order valence-electron chi connectivity index (χ2n) is 2.61. The zero-order valence-electron chi connectivity index (χ0n) is 6.84. The van der Waals surface area contributed by atoms with Gasteiger partial charge in [-0.15, -0.1) is 0 Å². The molecule has 0 aliphatic carbocycles. The number of carbonyl (C=O) groups is 1. The number of aldehydes is 1. The van der Waals surface area contributed by atoms with Crippen LogP contribution < -0.4 is 0 Å². The van der Waals surface area contributed by atoms with Crippen LogP contribution in [0, 0.1) is 0 Å². The molecule has 0 fully saturated rings. The number of hydrogen-bond acceptors (Lipinski definition) is 3. The smallest absolute Gasteiger partial charge is 0.297 e. The summed E-state index contributed by atoms with van der Waals surface area (Å²) in [6.07, 6.45) is 1.29. The monoisotopic (exact) mass is 176 g/mol. The Morgan fingerprint density at radius 2 is 2.00 bits per heavy atom. The van der Waals surface area contributed by atoms with E-state index in [1.54, 1.807) is 0 Å². The van der Waals surface area contributed by atoms with Crippen molar-refractivity contribution in [3.63, 3.8) is 0 Å². The first-order valence-electron chi connectivity index (χ1n) is 3.93. The van der Waals surface area contributed by atoms with Crippen molar-refractivity contribution in [3.8, 4) is 0 Å². The van der Waals surface area contributed by atoms with Gasteiger partial charge in [0.15, 0.2) is 5.76 Å². The van der Waals surface area contributed by atoms with E-state index in [9.17, 15) is 4.79 Å². The summed E-state index contributed by atoms with van der Waals surface area (Å²) in [7, 11) is 0. The summed E-state index contributed by atoms with van der Waals surface area (Å²) < 4.78 is 10.1. The van der Waals surface area contributed by atoms with Gasteiger partial charge in [-0.05, 0) is 0 Å². The lowest BCUT2D eigenvalue weighted by Gasteiger charge is -2.03. The van der Waals surface area contributed by atoms with Gasteiger partial charge in [0.2, 0.25) is 6.29 Å². The highest BCUT2D eigenvalue weighted by atomic mass is 16.7. The molecule has 66 valence electrons. The maximum absolute atomic E-state index is 10.3. The molecule has 0 saturated heterocycles. The Morgan fingerprint density at radius 3 is 2.62 bits per heavy atom. The minimum atomic E-state index is -0.782. The van der Waals surface area contributed by atoms with Crippen LogP contribution in [-0.4, -0.2) is 12.6 Å². The molecule has 0 bridgehead atoms. The predicted molar refractivity (Wildman–Crippen MR) is 46.4 cm³/mol. The first-order chi connectivity index (χ1) is 6.40. The Bertz CT molecular complexity index is 329. The quantitative estimate of drug-likeness (QED) is 0.641. The lowest BCUT2D eigenvalue weighted by molar-refractivity contribution is -0.127. The van der Waals surface area contributed by atoms with Gasteiger partial charge in [0.05, 0.1) is 0 Å². The van der Waals surface area contributed by atoms with E-state index in [0.29, 0.717) is 12.0 Å². The molecule has 1 aromatic rings. The van der Waals surface area contributed by atoms with Gasteiger partial charge in [0.25, 0.3) is 6.29 Å². The molecule has 0 spiro atoms. The highest BCUT2D eigenvalue weighted by molar-refractivity contribution is 5.64. The molecule has 0 N–H and O–H groups in total. The SMILES string of the molecule is O=CC1OC=C(c2ccccc2)O1. The van der Waals surface area contributed by atoms with Crippen molar-refractivity contribution in [3.05, 3.63) is 42.2 Å². The molecule has 0 radical (unpaired) electrons. The molecule has 1 aromatic carbocycles. The standard InChI is InChI=1S/C10H8O3/c11-6-10-12-7-9(13-10)8-4-2-1-3-5-8/h1-7,10H. The highest BCUT2D eigenvalue weighted by Crippen LogP contribution is 2.22. The Balaban J connectivity index is 2.17. The third kappa shape index (κ3) is 1.54. The molecule has 3 heteroatoms. The van der Waals surface area contributed by atoms with E-state index in [1.807, 2.05) is 30.3 Å². The summed E-state index contributed by atoms with van der Waals surface area (Å²) >= 11 is 0. The molecule has 1 heterocycles. The van der Waals surface area contributed by atoms with Gasteiger partial charge in [0.1, 0.15) is 6.26 Å². The maximum atomic E-state index is 10.3. The second-order valence-corrected chi connectivity index (χ2v) is 2.61. The van der Waals surface area contributed by atoms with Crippen molar-refractivity contribution >= 4 is 12.0 Å². The Morgan fingerprint density at radius 1 is 1.23 bits per heavy atom. The van der Waals surface area contributed by atoms with Crippen molar-refractivity contribution in [2.24, 2.45) is 0 Å². The maximum Gasteiger partial charge on any atom is 0.297 e. The zero-order valence-corrected chi connectivity index (χ0v) is 6.84. The van der Waals surface area contributed by atoms with Crippen LogP contribution in [0.1, 0.15) is 5.56 Å². The molecule has 13 heavy (non-hydrogen) atoms. The van der Waals surface area contributed by atoms with E-state index < -0.39 is 6.29 Å². The topological polar surface area (TPSA) is 35.5 Å². The van der Waals surface area contributed by atoms with Crippen LogP contribution in [0.25, 0.3) is 5.76 Å². The summed E-state index contributed by atoms with van der Waals surface area (Å²) in [4.78, 5) is 10.3. The fourth-order valence-corrected chi connectivity index (χ4v) is 1.11.